The molecule has 26 heavy (non-hydrogen) atoms. The average Bonchev–Trinajstić information content (AvgIpc) is 2.75. The summed E-state index contributed by atoms with van der Waals surface area (Å²) < 4.78 is 26.9. The number of hydrogen-bond donors (Lipinski definition) is 1. The number of allylic oxidation sites excluding steroid dienone is 1. The van der Waals surface area contributed by atoms with Crippen LogP contribution in [0.4, 0.5) is 4.39 Å². The largest absolute Gasteiger partial charge is 0.525 e. The van der Waals surface area contributed by atoms with Crippen LogP contribution >= 0.6 is 0 Å². The highest BCUT2D eigenvalue weighted by molar-refractivity contribution is 6.55. The van der Waals surface area contributed by atoms with Crippen LogP contribution in [-0.4, -0.2) is 29.4 Å². The van der Waals surface area contributed by atoms with Crippen molar-refractivity contribution in [3.63, 3.8) is 0 Å². The van der Waals surface area contributed by atoms with Gasteiger partial charge in [0.1, 0.15) is 5.73 Å². The van der Waals surface area contributed by atoms with Crippen molar-refractivity contribution in [2.45, 2.75) is 71.5 Å². The standard InChI is InChI=1S/C20H28BFO4/c1-13(2)14-7-9-15(10-8-14)16(11-12-17(23)24)18(22)21-25-19(3,4)20(5,6)26-21/h7-10,13H,11-12H2,1-6H3,(H,23,24). The lowest BCUT2D eigenvalue weighted by Gasteiger charge is -2.32. The Morgan fingerprint density at radius 1 is 1.08 bits per heavy atom. The maximum Gasteiger partial charge on any atom is 0.525 e. The predicted octanol–water partition coefficient (Wildman–Crippen LogP) is 4.99. The molecule has 1 aliphatic rings. The molecule has 1 saturated heterocycles. The molecule has 1 aromatic rings. The van der Waals surface area contributed by atoms with Crippen LogP contribution < -0.4 is 0 Å². The molecule has 0 unspecified atom stereocenters. The molecule has 0 bridgehead atoms. The molecule has 0 radical (unpaired) electrons. The molecular formula is C20H28BFO4. The highest BCUT2D eigenvalue weighted by Crippen LogP contribution is 2.41. The van der Waals surface area contributed by atoms with Crippen LogP contribution in [0.3, 0.4) is 0 Å². The fourth-order valence-corrected chi connectivity index (χ4v) is 2.79. The van der Waals surface area contributed by atoms with Gasteiger partial charge in [-0.05, 0) is 56.7 Å². The molecule has 6 heteroatoms. The van der Waals surface area contributed by atoms with Gasteiger partial charge in [-0.2, -0.15) is 0 Å². The van der Waals surface area contributed by atoms with Crippen LogP contribution in [-0.2, 0) is 14.1 Å². The first-order valence-corrected chi connectivity index (χ1v) is 9.01. The van der Waals surface area contributed by atoms with Crippen LogP contribution in [0.25, 0.3) is 5.57 Å². The third-order valence-corrected chi connectivity index (χ3v) is 5.26. The Bertz CT molecular complexity index is 676. The number of carboxylic acids is 1. The van der Waals surface area contributed by atoms with Crippen LogP contribution in [0.2, 0.25) is 0 Å². The van der Waals surface area contributed by atoms with Crippen molar-refractivity contribution in [1.82, 2.24) is 0 Å². The summed E-state index contributed by atoms with van der Waals surface area (Å²) in [7, 11) is -1.13. The summed E-state index contributed by atoms with van der Waals surface area (Å²) in [5.74, 6) is -0.605. The Morgan fingerprint density at radius 2 is 1.58 bits per heavy atom. The lowest BCUT2D eigenvalue weighted by atomic mass is 9.81. The van der Waals surface area contributed by atoms with Gasteiger partial charge in [-0.15, -0.1) is 0 Å². The lowest BCUT2D eigenvalue weighted by Crippen LogP contribution is -2.41. The van der Waals surface area contributed by atoms with E-state index in [9.17, 15) is 4.79 Å². The zero-order valence-electron chi connectivity index (χ0n) is 16.4. The van der Waals surface area contributed by atoms with Gasteiger partial charge in [0.15, 0.2) is 0 Å². The molecule has 1 N–H and O–H groups in total. The molecule has 1 aliphatic heterocycles. The van der Waals surface area contributed by atoms with Crippen molar-refractivity contribution in [2.75, 3.05) is 0 Å². The minimum atomic E-state index is -1.13. The maximum absolute atomic E-state index is 15.3. The van der Waals surface area contributed by atoms with E-state index >= 15 is 4.39 Å². The topological polar surface area (TPSA) is 55.8 Å². The molecule has 0 amide bonds. The van der Waals surface area contributed by atoms with Crippen molar-refractivity contribution in [2.24, 2.45) is 0 Å². The summed E-state index contributed by atoms with van der Waals surface area (Å²) in [4.78, 5) is 11.0. The second-order valence-corrected chi connectivity index (χ2v) is 8.09. The van der Waals surface area contributed by atoms with E-state index in [-0.39, 0.29) is 12.8 Å². The zero-order chi connectivity index (χ0) is 19.7. The van der Waals surface area contributed by atoms with E-state index in [0.29, 0.717) is 17.1 Å². The molecule has 0 aromatic heterocycles. The normalized spacial score (nSPS) is 19.6. The predicted molar refractivity (Wildman–Crippen MR) is 102 cm³/mol. The van der Waals surface area contributed by atoms with Gasteiger partial charge in [0.2, 0.25) is 0 Å². The minimum absolute atomic E-state index is 0.0757. The van der Waals surface area contributed by atoms with Gasteiger partial charge < -0.3 is 14.4 Å². The molecule has 1 fully saturated rings. The number of halogens is 1. The minimum Gasteiger partial charge on any atom is -0.481 e. The van der Waals surface area contributed by atoms with Crippen LogP contribution in [0.1, 0.15) is 71.4 Å². The van der Waals surface area contributed by atoms with E-state index in [4.69, 9.17) is 14.4 Å². The molecule has 0 spiro atoms. The van der Waals surface area contributed by atoms with Crippen molar-refractivity contribution in [1.29, 1.82) is 0 Å². The molecule has 1 aromatic carbocycles. The van der Waals surface area contributed by atoms with Crippen molar-refractivity contribution < 1.29 is 23.6 Å². The highest BCUT2D eigenvalue weighted by Gasteiger charge is 2.53. The fraction of sp³-hybridized carbons (Fsp3) is 0.550. The second-order valence-electron chi connectivity index (χ2n) is 8.09. The van der Waals surface area contributed by atoms with Crippen molar-refractivity contribution in [3.8, 4) is 0 Å². The van der Waals surface area contributed by atoms with Gasteiger partial charge in [0.05, 0.1) is 11.2 Å². The van der Waals surface area contributed by atoms with E-state index in [1.165, 1.54) is 0 Å². The molecule has 0 aliphatic carbocycles. The number of carboxylic acid groups (broad SMARTS) is 1. The van der Waals surface area contributed by atoms with Gasteiger partial charge >= 0.3 is 13.1 Å². The summed E-state index contributed by atoms with van der Waals surface area (Å²) >= 11 is 0. The van der Waals surface area contributed by atoms with Crippen LogP contribution in [0.5, 0.6) is 0 Å². The second kappa shape index (κ2) is 7.53. The third-order valence-electron chi connectivity index (χ3n) is 5.26. The molecule has 0 atom stereocenters. The Labute approximate surface area is 155 Å². The smallest absolute Gasteiger partial charge is 0.481 e. The fourth-order valence-electron chi connectivity index (χ4n) is 2.79. The van der Waals surface area contributed by atoms with E-state index < -0.39 is 30.0 Å². The lowest BCUT2D eigenvalue weighted by molar-refractivity contribution is -0.136. The van der Waals surface area contributed by atoms with Gasteiger partial charge in [-0.1, -0.05) is 38.1 Å². The molecule has 1 heterocycles. The van der Waals surface area contributed by atoms with E-state index in [1.807, 2.05) is 52.0 Å². The van der Waals surface area contributed by atoms with Gasteiger partial charge in [0.25, 0.3) is 0 Å². The van der Waals surface area contributed by atoms with E-state index in [2.05, 4.69) is 13.8 Å². The Balaban J connectivity index is 2.40. The first-order chi connectivity index (χ1) is 11.9. The monoisotopic (exact) mass is 362 g/mol. The highest BCUT2D eigenvalue weighted by atomic mass is 19.1. The molecule has 142 valence electrons. The molecule has 0 saturated carbocycles. The summed E-state index contributed by atoms with van der Waals surface area (Å²) in [5.41, 5.74) is 0.247. The van der Waals surface area contributed by atoms with Crippen LogP contribution in [0, 0.1) is 0 Å². The Hall–Kier alpha value is -1.66. The number of hydrogen-bond acceptors (Lipinski definition) is 3. The number of carbonyl (C=O) groups is 1. The number of benzene rings is 1. The first kappa shape index (κ1) is 20.7. The number of aliphatic carboxylic acids is 1. The van der Waals surface area contributed by atoms with E-state index in [1.54, 1.807) is 0 Å². The quantitative estimate of drug-likeness (QED) is 0.725. The summed E-state index contributed by atoms with van der Waals surface area (Å²) in [6, 6.07) is 7.55. The summed E-state index contributed by atoms with van der Waals surface area (Å²) in [6.45, 7) is 11.6. The average molecular weight is 362 g/mol. The summed E-state index contributed by atoms with van der Waals surface area (Å²) in [5, 5.41) is 9.03. The maximum atomic E-state index is 15.3. The Morgan fingerprint density at radius 3 is 2.00 bits per heavy atom. The number of rotatable bonds is 6. The van der Waals surface area contributed by atoms with Gasteiger partial charge in [0, 0.05) is 6.42 Å². The van der Waals surface area contributed by atoms with Gasteiger partial charge in [-0.25, -0.2) is 4.39 Å². The van der Waals surface area contributed by atoms with Crippen molar-refractivity contribution in [3.05, 3.63) is 41.1 Å². The summed E-state index contributed by atoms with van der Waals surface area (Å²) in [6.07, 6.45) is -0.0829. The Kier molecular flexibility index (Phi) is 5.98. The molecule has 4 nitrogen and oxygen atoms in total. The van der Waals surface area contributed by atoms with Crippen LogP contribution in [0.15, 0.2) is 30.0 Å². The molecule has 2 rings (SSSR count). The van der Waals surface area contributed by atoms with Gasteiger partial charge in [-0.3, -0.25) is 4.79 Å². The zero-order valence-corrected chi connectivity index (χ0v) is 16.4. The first-order valence-electron chi connectivity index (χ1n) is 9.01. The molecular weight excluding hydrogens is 334 g/mol. The van der Waals surface area contributed by atoms with E-state index in [0.717, 1.165) is 5.56 Å². The third kappa shape index (κ3) is 4.36. The van der Waals surface area contributed by atoms with Crippen molar-refractivity contribution >= 4 is 18.7 Å². The SMILES string of the molecule is CC(C)c1ccc(C(CCC(=O)O)=C(F)B2OC(C)(C)C(C)(C)O2)cc1.